The van der Waals surface area contributed by atoms with Crippen LogP contribution in [0.5, 0.6) is 5.75 Å². The first-order valence-electron chi connectivity index (χ1n) is 8.60. The number of hydrogen-bond acceptors (Lipinski definition) is 4. The molecule has 2 amide bonds. The number of ether oxygens (including phenoxy) is 1. The molecule has 0 radical (unpaired) electrons. The van der Waals surface area contributed by atoms with Gasteiger partial charge in [-0.1, -0.05) is 19.3 Å². The number of carboxylic acids is 1. The minimum Gasteiger partial charge on any atom is -0.493 e. The van der Waals surface area contributed by atoms with Gasteiger partial charge in [-0.05, 0) is 49.9 Å². The van der Waals surface area contributed by atoms with E-state index < -0.39 is 24.1 Å². The molecule has 1 aromatic rings. The standard InChI is InChI=1S/C18H26N2O5/c1-18(24,16(21)22)12-19-17(23)20-14-7-9-15(10-8-14)25-11-13-5-3-2-4-6-13/h7-10,13,24H,2-6,11-12H2,1H3,(H,21,22)(H2,19,20,23). The maximum atomic E-state index is 11.7. The van der Waals surface area contributed by atoms with E-state index in [1.807, 2.05) is 0 Å². The highest BCUT2D eigenvalue weighted by Crippen LogP contribution is 2.25. The fraction of sp³-hybridized carbons (Fsp3) is 0.556. The summed E-state index contributed by atoms with van der Waals surface area (Å²) in [6.07, 6.45) is 6.32. The molecule has 1 saturated carbocycles. The fourth-order valence-electron chi connectivity index (χ4n) is 2.71. The molecule has 1 aromatic carbocycles. The van der Waals surface area contributed by atoms with Gasteiger partial charge in [-0.3, -0.25) is 0 Å². The topological polar surface area (TPSA) is 108 Å². The lowest BCUT2D eigenvalue weighted by Gasteiger charge is -2.21. The number of urea groups is 1. The molecule has 1 unspecified atom stereocenters. The predicted octanol–water partition coefficient (Wildman–Crippen LogP) is 2.60. The van der Waals surface area contributed by atoms with E-state index in [0.717, 1.165) is 19.3 Å². The normalized spacial score (nSPS) is 17.4. The Morgan fingerprint density at radius 2 is 1.84 bits per heavy atom. The lowest BCUT2D eigenvalue weighted by molar-refractivity contribution is -0.155. The third-order valence-electron chi connectivity index (χ3n) is 4.38. The van der Waals surface area contributed by atoms with Crippen molar-refractivity contribution in [1.29, 1.82) is 0 Å². The van der Waals surface area contributed by atoms with Crippen LogP contribution in [0.25, 0.3) is 0 Å². The average Bonchev–Trinajstić information content (AvgIpc) is 2.60. The van der Waals surface area contributed by atoms with Crippen LogP contribution >= 0.6 is 0 Å². The van der Waals surface area contributed by atoms with Gasteiger partial charge in [0.25, 0.3) is 0 Å². The van der Waals surface area contributed by atoms with Crippen LogP contribution in [0.2, 0.25) is 0 Å². The monoisotopic (exact) mass is 350 g/mol. The Labute approximate surface area is 147 Å². The average molecular weight is 350 g/mol. The number of carbonyl (C=O) groups is 2. The van der Waals surface area contributed by atoms with Crippen molar-refractivity contribution in [3.8, 4) is 5.75 Å². The van der Waals surface area contributed by atoms with Crippen LogP contribution in [0.4, 0.5) is 10.5 Å². The highest BCUT2D eigenvalue weighted by Gasteiger charge is 2.30. The number of nitrogens with one attached hydrogen (secondary N) is 2. The van der Waals surface area contributed by atoms with Crippen molar-refractivity contribution in [1.82, 2.24) is 5.32 Å². The molecule has 0 bridgehead atoms. The molecule has 138 valence electrons. The van der Waals surface area contributed by atoms with Crippen molar-refractivity contribution in [2.24, 2.45) is 5.92 Å². The van der Waals surface area contributed by atoms with Gasteiger partial charge < -0.3 is 25.6 Å². The molecule has 4 N–H and O–H groups in total. The number of aliphatic carboxylic acids is 1. The number of benzene rings is 1. The number of carboxylic acid groups (broad SMARTS) is 1. The Balaban J connectivity index is 1.75. The number of aliphatic hydroxyl groups is 1. The smallest absolute Gasteiger partial charge is 0.337 e. The SMILES string of the molecule is CC(O)(CNC(=O)Nc1ccc(OCC2CCCCC2)cc1)C(=O)O. The summed E-state index contributed by atoms with van der Waals surface area (Å²) < 4.78 is 5.80. The molecule has 1 aliphatic carbocycles. The van der Waals surface area contributed by atoms with E-state index in [1.165, 1.54) is 32.1 Å². The zero-order chi connectivity index (χ0) is 18.3. The van der Waals surface area contributed by atoms with Crippen molar-refractivity contribution in [3.63, 3.8) is 0 Å². The number of rotatable bonds is 7. The molecule has 0 saturated heterocycles. The van der Waals surface area contributed by atoms with Crippen LogP contribution in [0.3, 0.4) is 0 Å². The van der Waals surface area contributed by atoms with E-state index in [1.54, 1.807) is 24.3 Å². The third kappa shape index (κ3) is 6.26. The van der Waals surface area contributed by atoms with Crippen molar-refractivity contribution in [2.45, 2.75) is 44.6 Å². The van der Waals surface area contributed by atoms with Gasteiger partial charge in [0.05, 0.1) is 13.2 Å². The highest BCUT2D eigenvalue weighted by molar-refractivity contribution is 5.90. The van der Waals surface area contributed by atoms with Crippen LogP contribution in [-0.4, -0.2) is 41.0 Å². The van der Waals surface area contributed by atoms with Crippen LogP contribution < -0.4 is 15.4 Å². The maximum Gasteiger partial charge on any atom is 0.337 e. The minimum absolute atomic E-state index is 0.392. The molecular formula is C18H26N2O5. The first kappa shape index (κ1) is 19.1. The Hall–Kier alpha value is -2.28. The molecule has 1 atom stereocenters. The van der Waals surface area contributed by atoms with Crippen molar-refractivity contribution in [2.75, 3.05) is 18.5 Å². The van der Waals surface area contributed by atoms with Gasteiger partial charge in [-0.15, -0.1) is 0 Å². The molecule has 7 heteroatoms. The third-order valence-corrected chi connectivity index (χ3v) is 4.38. The molecular weight excluding hydrogens is 324 g/mol. The molecule has 0 aromatic heterocycles. The maximum absolute atomic E-state index is 11.7. The molecule has 2 rings (SSSR count). The zero-order valence-corrected chi connectivity index (χ0v) is 14.5. The number of carbonyl (C=O) groups excluding carboxylic acids is 1. The first-order chi connectivity index (χ1) is 11.9. The number of hydrogen-bond donors (Lipinski definition) is 4. The van der Waals surface area contributed by atoms with Gasteiger partial charge in [-0.25, -0.2) is 9.59 Å². The lowest BCUT2D eigenvalue weighted by atomic mass is 9.90. The van der Waals surface area contributed by atoms with Gasteiger partial charge in [0.15, 0.2) is 5.60 Å². The minimum atomic E-state index is -2.01. The quantitative estimate of drug-likeness (QED) is 0.604. The van der Waals surface area contributed by atoms with Gasteiger partial charge >= 0.3 is 12.0 Å². The molecule has 25 heavy (non-hydrogen) atoms. The molecule has 0 spiro atoms. The Morgan fingerprint density at radius 3 is 2.44 bits per heavy atom. The summed E-state index contributed by atoms with van der Waals surface area (Å²) in [6.45, 7) is 1.45. The van der Waals surface area contributed by atoms with E-state index >= 15 is 0 Å². The molecule has 0 heterocycles. The summed E-state index contributed by atoms with van der Waals surface area (Å²) in [4.78, 5) is 22.5. The van der Waals surface area contributed by atoms with Crippen LogP contribution in [0, 0.1) is 5.92 Å². The molecule has 1 fully saturated rings. The summed E-state index contributed by atoms with van der Waals surface area (Å²) in [5.74, 6) is -0.0167. The van der Waals surface area contributed by atoms with Crippen molar-refractivity contribution < 1.29 is 24.5 Å². The predicted molar refractivity (Wildman–Crippen MR) is 93.8 cm³/mol. The van der Waals surface area contributed by atoms with Gasteiger partial charge in [0.2, 0.25) is 0 Å². The second-order valence-electron chi connectivity index (χ2n) is 6.73. The Bertz CT molecular complexity index is 580. The second-order valence-corrected chi connectivity index (χ2v) is 6.73. The summed E-state index contributed by atoms with van der Waals surface area (Å²) in [6, 6.07) is 6.41. The van der Waals surface area contributed by atoms with Crippen LogP contribution in [0.1, 0.15) is 39.0 Å². The summed E-state index contributed by atoms with van der Waals surface area (Å²) >= 11 is 0. The van der Waals surface area contributed by atoms with Crippen LogP contribution in [0.15, 0.2) is 24.3 Å². The Morgan fingerprint density at radius 1 is 1.20 bits per heavy atom. The van der Waals surface area contributed by atoms with Crippen molar-refractivity contribution >= 4 is 17.7 Å². The highest BCUT2D eigenvalue weighted by atomic mass is 16.5. The van der Waals surface area contributed by atoms with E-state index in [0.29, 0.717) is 11.6 Å². The van der Waals surface area contributed by atoms with E-state index in [4.69, 9.17) is 9.84 Å². The van der Waals surface area contributed by atoms with Crippen molar-refractivity contribution in [3.05, 3.63) is 24.3 Å². The van der Waals surface area contributed by atoms with Gasteiger partial charge in [-0.2, -0.15) is 0 Å². The molecule has 7 nitrogen and oxygen atoms in total. The molecule has 0 aliphatic heterocycles. The van der Waals surface area contributed by atoms with E-state index in [2.05, 4.69) is 10.6 Å². The first-order valence-corrected chi connectivity index (χ1v) is 8.60. The lowest BCUT2D eigenvalue weighted by Crippen LogP contribution is -2.47. The van der Waals surface area contributed by atoms with Gasteiger partial charge in [0.1, 0.15) is 5.75 Å². The zero-order valence-electron chi connectivity index (χ0n) is 14.5. The Kier molecular flexibility index (Phi) is 6.64. The van der Waals surface area contributed by atoms with Crippen LogP contribution in [-0.2, 0) is 4.79 Å². The largest absolute Gasteiger partial charge is 0.493 e. The summed E-state index contributed by atoms with van der Waals surface area (Å²) in [5, 5.41) is 23.2. The summed E-state index contributed by atoms with van der Waals surface area (Å²) in [5.41, 5.74) is -1.45. The van der Waals surface area contributed by atoms with E-state index in [-0.39, 0.29) is 0 Å². The number of amides is 2. The van der Waals surface area contributed by atoms with Gasteiger partial charge in [0, 0.05) is 5.69 Å². The summed E-state index contributed by atoms with van der Waals surface area (Å²) in [7, 11) is 0. The second kappa shape index (κ2) is 8.71. The fourth-order valence-corrected chi connectivity index (χ4v) is 2.71. The molecule has 1 aliphatic rings. The number of anilines is 1. The van der Waals surface area contributed by atoms with E-state index in [9.17, 15) is 14.7 Å².